The number of unbranched alkanes of at least 4 members (excludes halogenated alkanes) is 1. The number of amides is 1. The summed E-state index contributed by atoms with van der Waals surface area (Å²) in [5.41, 5.74) is 3.38. The van der Waals surface area contributed by atoms with E-state index < -0.39 is 0 Å². The molecule has 1 heterocycles. The average molecular weight is 373 g/mol. The van der Waals surface area contributed by atoms with Gasteiger partial charge in [-0.25, -0.2) is 0 Å². The topological polar surface area (TPSA) is 67.6 Å². The number of likely N-dealkylation sites (N-methyl/N-ethyl adjacent to an activating group) is 1. The van der Waals surface area contributed by atoms with Crippen LogP contribution in [0.3, 0.4) is 0 Å². The Kier molecular flexibility index (Phi) is 7.42. The van der Waals surface area contributed by atoms with Gasteiger partial charge >= 0.3 is 0 Å². The quantitative estimate of drug-likeness (QED) is 0.712. The highest BCUT2D eigenvalue weighted by atomic mass is 16.5. The molecule has 0 aliphatic carbocycles. The van der Waals surface area contributed by atoms with E-state index in [1.807, 2.05) is 20.9 Å². The number of aryl methyl sites for hydroxylation is 3. The highest BCUT2D eigenvalue weighted by molar-refractivity contribution is 5.94. The van der Waals surface area contributed by atoms with Crippen molar-refractivity contribution in [1.29, 1.82) is 0 Å². The van der Waals surface area contributed by atoms with Gasteiger partial charge in [0.05, 0.1) is 13.2 Å². The molecule has 0 saturated carbocycles. The Labute approximate surface area is 161 Å². The number of ether oxygens (including phenoxy) is 1. The second kappa shape index (κ2) is 9.55. The zero-order chi connectivity index (χ0) is 20.0. The van der Waals surface area contributed by atoms with Gasteiger partial charge in [0.15, 0.2) is 5.82 Å². The minimum atomic E-state index is -0.232. The number of carbonyl (C=O) groups excluding carboxylic acids is 1. The number of methoxy groups -OCH3 is 1. The summed E-state index contributed by atoms with van der Waals surface area (Å²) < 4.78 is 10.5. The fraction of sp³-hybridized carbons (Fsp3) is 0.524. The van der Waals surface area contributed by atoms with Crippen LogP contribution in [0.4, 0.5) is 5.82 Å². The van der Waals surface area contributed by atoms with Crippen LogP contribution in [-0.4, -0.2) is 36.2 Å². The lowest BCUT2D eigenvalue weighted by Crippen LogP contribution is -2.41. The van der Waals surface area contributed by atoms with Crippen molar-refractivity contribution in [2.75, 3.05) is 19.5 Å². The van der Waals surface area contributed by atoms with E-state index in [4.69, 9.17) is 9.26 Å². The number of nitrogens with one attached hydrogen (secondary N) is 1. The van der Waals surface area contributed by atoms with Gasteiger partial charge in [0.25, 0.3) is 0 Å². The molecule has 0 aliphatic rings. The van der Waals surface area contributed by atoms with Gasteiger partial charge in [0.1, 0.15) is 11.5 Å². The normalized spacial score (nSPS) is 12.3. The summed E-state index contributed by atoms with van der Waals surface area (Å²) in [6, 6.07) is 5.74. The lowest BCUT2D eigenvalue weighted by Gasteiger charge is -2.27. The van der Waals surface area contributed by atoms with Crippen molar-refractivity contribution < 1.29 is 14.1 Å². The van der Waals surface area contributed by atoms with E-state index in [1.165, 1.54) is 5.56 Å². The molecule has 148 valence electrons. The zero-order valence-electron chi connectivity index (χ0n) is 17.3. The van der Waals surface area contributed by atoms with E-state index in [1.54, 1.807) is 20.1 Å². The molecule has 1 atom stereocenters. The molecule has 1 amide bonds. The Hall–Kier alpha value is -2.34. The molecule has 2 aromatic rings. The number of benzene rings is 1. The average Bonchev–Trinajstić information content (AvgIpc) is 2.99. The molecule has 6 heteroatoms. The number of hydrogen-bond donors (Lipinski definition) is 1. The fourth-order valence-corrected chi connectivity index (χ4v) is 3.44. The molecule has 1 aromatic carbocycles. The maximum absolute atomic E-state index is 12.8. The molecule has 0 aliphatic heterocycles. The molecule has 6 nitrogen and oxygen atoms in total. The van der Waals surface area contributed by atoms with Crippen LogP contribution in [0.25, 0.3) is 0 Å². The van der Waals surface area contributed by atoms with Gasteiger partial charge in [-0.05, 0) is 50.9 Å². The van der Waals surface area contributed by atoms with Gasteiger partial charge in [-0.2, -0.15) is 0 Å². The van der Waals surface area contributed by atoms with Crippen molar-refractivity contribution in [3.8, 4) is 5.75 Å². The highest BCUT2D eigenvalue weighted by Gasteiger charge is 2.24. The predicted molar refractivity (Wildman–Crippen MR) is 107 cm³/mol. The largest absolute Gasteiger partial charge is 0.496 e. The smallest absolute Gasteiger partial charge is 0.242 e. The molecule has 0 spiro atoms. The Morgan fingerprint density at radius 2 is 1.93 bits per heavy atom. The Morgan fingerprint density at radius 3 is 2.44 bits per heavy atom. The number of rotatable bonds is 9. The molecular weight excluding hydrogens is 342 g/mol. The molecule has 1 unspecified atom stereocenters. The van der Waals surface area contributed by atoms with Crippen LogP contribution in [0, 0.1) is 20.8 Å². The first-order chi connectivity index (χ1) is 12.8. The van der Waals surface area contributed by atoms with Gasteiger partial charge in [-0.15, -0.1) is 0 Å². The standard InChI is InChI=1S/C21H31N3O3/c1-7-8-9-18(21(25)22-19-12-16(4)27-23-19)24(5)13-17-10-14(2)20(26-6)15(3)11-17/h10-12,18H,7-9,13H2,1-6H3,(H,22,23,25). The third-order valence-corrected chi connectivity index (χ3v) is 4.70. The summed E-state index contributed by atoms with van der Waals surface area (Å²) in [4.78, 5) is 14.9. The molecule has 1 N–H and O–H groups in total. The van der Waals surface area contributed by atoms with Crippen molar-refractivity contribution in [2.45, 2.75) is 59.5 Å². The van der Waals surface area contributed by atoms with Gasteiger partial charge in [0, 0.05) is 12.6 Å². The van der Waals surface area contributed by atoms with Crippen LogP contribution in [-0.2, 0) is 11.3 Å². The van der Waals surface area contributed by atoms with E-state index in [0.29, 0.717) is 18.1 Å². The maximum atomic E-state index is 12.8. The molecule has 0 saturated heterocycles. The van der Waals surface area contributed by atoms with Crippen LogP contribution in [0.15, 0.2) is 22.7 Å². The number of carbonyl (C=O) groups is 1. The first-order valence-corrected chi connectivity index (χ1v) is 9.44. The van der Waals surface area contributed by atoms with Crippen LogP contribution >= 0.6 is 0 Å². The van der Waals surface area contributed by atoms with E-state index in [9.17, 15) is 4.79 Å². The number of anilines is 1. The van der Waals surface area contributed by atoms with Crippen molar-refractivity contribution in [2.24, 2.45) is 0 Å². The third-order valence-electron chi connectivity index (χ3n) is 4.70. The first kappa shape index (κ1) is 21.0. The second-order valence-electron chi connectivity index (χ2n) is 7.15. The van der Waals surface area contributed by atoms with Crippen molar-refractivity contribution in [3.05, 3.63) is 40.6 Å². The minimum Gasteiger partial charge on any atom is -0.496 e. The summed E-state index contributed by atoms with van der Waals surface area (Å²) in [5.74, 6) is 2.00. The molecule has 0 fully saturated rings. The summed E-state index contributed by atoms with van der Waals surface area (Å²) in [5, 5.41) is 6.74. The Balaban J connectivity index is 2.13. The fourth-order valence-electron chi connectivity index (χ4n) is 3.44. The third kappa shape index (κ3) is 5.57. The lowest BCUT2D eigenvalue weighted by molar-refractivity contribution is -0.121. The van der Waals surface area contributed by atoms with E-state index in [2.05, 4.69) is 34.4 Å². The Morgan fingerprint density at radius 1 is 1.26 bits per heavy atom. The van der Waals surface area contributed by atoms with Gasteiger partial charge in [-0.1, -0.05) is 37.1 Å². The molecule has 2 rings (SSSR count). The molecule has 27 heavy (non-hydrogen) atoms. The van der Waals surface area contributed by atoms with E-state index in [0.717, 1.165) is 36.1 Å². The summed E-state index contributed by atoms with van der Waals surface area (Å²) in [6.07, 6.45) is 2.83. The molecule has 1 aromatic heterocycles. The number of nitrogens with zero attached hydrogens (tertiary/aromatic N) is 2. The SMILES string of the molecule is CCCCC(C(=O)Nc1cc(C)on1)N(C)Cc1cc(C)c(OC)c(C)c1. The van der Waals surface area contributed by atoms with Crippen LogP contribution in [0.5, 0.6) is 5.75 Å². The first-order valence-electron chi connectivity index (χ1n) is 9.44. The van der Waals surface area contributed by atoms with Gasteiger partial charge in [0.2, 0.25) is 5.91 Å². The predicted octanol–water partition coefficient (Wildman–Crippen LogP) is 4.24. The van der Waals surface area contributed by atoms with Crippen LogP contribution in [0.2, 0.25) is 0 Å². The maximum Gasteiger partial charge on any atom is 0.242 e. The van der Waals surface area contributed by atoms with Crippen LogP contribution < -0.4 is 10.1 Å². The molecular formula is C21H31N3O3. The van der Waals surface area contributed by atoms with Crippen molar-refractivity contribution in [3.63, 3.8) is 0 Å². The van der Waals surface area contributed by atoms with E-state index in [-0.39, 0.29) is 11.9 Å². The summed E-state index contributed by atoms with van der Waals surface area (Å²) in [6.45, 7) is 8.71. The number of aromatic nitrogens is 1. The van der Waals surface area contributed by atoms with Crippen molar-refractivity contribution >= 4 is 11.7 Å². The van der Waals surface area contributed by atoms with E-state index >= 15 is 0 Å². The summed E-state index contributed by atoms with van der Waals surface area (Å²) in [7, 11) is 3.68. The van der Waals surface area contributed by atoms with Gasteiger partial charge < -0.3 is 14.6 Å². The molecule has 0 bridgehead atoms. The van der Waals surface area contributed by atoms with Crippen LogP contribution in [0.1, 0.15) is 48.6 Å². The number of hydrogen-bond acceptors (Lipinski definition) is 5. The van der Waals surface area contributed by atoms with Gasteiger partial charge in [-0.3, -0.25) is 9.69 Å². The Bertz CT molecular complexity index is 747. The van der Waals surface area contributed by atoms with Crippen molar-refractivity contribution in [1.82, 2.24) is 10.1 Å². The lowest BCUT2D eigenvalue weighted by atomic mass is 10.0. The monoisotopic (exact) mass is 373 g/mol. The highest BCUT2D eigenvalue weighted by Crippen LogP contribution is 2.25. The summed E-state index contributed by atoms with van der Waals surface area (Å²) >= 11 is 0. The molecule has 0 radical (unpaired) electrons. The zero-order valence-corrected chi connectivity index (χ0v) is 17.3. The minimum absolute atomic E-state index is 0.0544. The second-order valence-corrected chi connectivity index (χ2v) is 7.15.